The zero-order valence-corrected chi connectivity index (χ0v) is 15.0. The van der Waals surface area contributed by atoms with E-state index >= 15 is 0 Å². The normalized spacial score (nSPS) is 16.2. The Morgan fingerprint density at radius 2 is 1.85 bits per heavy atom. The Kier molecular flexibility index (Phi) is 5.75. The van der Waals surface area contributed by atoms with Crippen LogP contribution in [0.3, 0.4) is 0 Å². The van der Waals surface area contributed by atoms with E-state index in [-0.39, 0.29) is 11.9 Å². The van der Waals surface area contributed by atoms with E-state index in [4.69, 9.17) is 20.9 Å². The van der Waals surface area contributed by atoms with Gasteiger partial charge in [0.25, 0.3) is 0 Å². The van der Waals surface area contributed by atoms with Gasteiger partial charge in [-0.3, -0.25) is 9.69 Å². The van der Waals surface area contributed by atoms with Crippen LogP contribution < -0.4 is 16.2 Å². The number of rotatable bonds is 6. The third-order valence-corrected chi connectivity index (χ3v) is 4.40. The van der Waals surface area contributed by atoms with Crippen LogP contribution >= 0.6 is 0 Å². The number of carbonyl (C=O) groups excluding carboxylic acids is 1. The lowest BCUT2D eigenvalue weighted by atomic mass is 10.0. The fourth-order valence-corrected chi connectivity index (χ4v) is 3.01. The van der Waals surface area contributed by atoms with Gasteiger partial charge in [-0.25, -0.2) is 0 Å². The second-order valence-corrected chi connectivity index (χ2v) is 6.54. The van der Waals surface area contributed by atoms with Gasteiger partial charge < -0.3 is 20.9 Å². The molecule has 1 unspecified atom stereocenters. The van der Waals surface area contributed by atoms with Gasteiger partial charge in [0.05, 0.1) is 24.6 Å². The molecule has 1 fully saturated rings. The number of carbonyl (C=O) groups is 1. The minimum absolute atomic E-state index is 0.0191. The van der Waals surface area contributed by atoms with Gasteiger partial charge >= 0.3 is 0 Å². The molecule has 0 spiro atoms. The number of ketones is 1. The summed E-state index contributed by atoms with van der Waals surface area (Å²) >= 11 is 0. The van der Waals surface area contributed by atoms with Gasteiger partial charge in [0, 0.05) is 30.8 Å². The first-order valence-electron chi connectivity index (χ1n) is 8.79. The molecule has 4 N–H and O–H groups in total. The van der Waals surface area contributed by atoms with Crippen LogP contribution in [0, 0.1) is 0 Å². The van der Waals surface area contributed by atoms with Gasteiger partial charge in [-0.15, -0.1) is 0 Å². The highest BCUT2D eigenvalue weighted by Crippen LogP contribution is 2.21. The monoisotopic (exact) mass is 355 g/mol. The van der Waals surface area contributed by atoms with Gasteiger partial charge in [-0.2, -0.15) is 0 Å². The molecule has 1 heterocycles. The number of nitrogens with two attached hydrogens (primary N) is 2. The number of anilines is 2. The largest absolute Gasteiger partial charge is 0.489 e. The summed E-state index contributed by atoms with van der Waals surface area (Å²) < 4.78 is 11.4. The maximum absolute atomic E-state index is 12.7. The lowest BCUT2D eigenvalue weighted by Crippen LogP contribution is -2.41. The van der Waals surface area contributed by atoms with Crippen LogP contribution in [0.4, 0.5) is 11.4 Å². The van der Waals surface area contributed by atoms with E-state index in [0.717, 1.165) is 32.8 Å². The van der Waals surface area contributed by atoms with E-state index in [0.29, 0.717) is 28.3 Å². The molecule has 1 aliphatic heterocycles. The molecule has 138 valence electrons. The van der Waals surface area contributed by atoms with Crippen molar-refractivity contribution in [2.75, 3.05) is 44.3 Å². The number of hydrogen-bond acceptors (Lipinski definition) is 6. The molecule has 1 atom stereocenters. The number of benzene rings is 2. The summed E-state index contributed by atoms with van der Waals surface area (Å²) in [5.41, 5.74) is 13.5. The van der Waals surface area contributed by atoms with Crippen molar-refractivity contribution in [3.8, 4) is 5.75 Å². The number of morpholine rings is 1. The lowest BCUT2D eigenvalue weighted by molar-refractivity contribution is 0.0218. The summed E-state index contributed by atoms with van der Waals surface area (Å²) in [5, 5.41) is 0. The van der Waals surface area contributed by atoms with Crippen LogP contribution in [0.15, 0.2) is 42.5 Å². The Morgan fingerprint density at radius 3 is 2.58 bits per heavy atom. The van der Waals surface area contributed by atoms with E-state index in [1.165, 1.54) is 0 Å². The van der Waals surface area contributed by atoms with Crippen LogP contribution in [0.5, 0.6) is 5.75 Å². The van der Waals surface area contributed by atoms with Crippen molar-refractivity contribution in [2.24, 2.45) is 0 Å². The fraction of sp³-hybridized carbons (Fsp3) is 0.350. The van der Waals surface area contributed by atoms with E-state index in [9.17, 15) is 4.79 Å². The summed E-state index contributed by atoms with van der Waals surface area (Å²) in [6.45, 7) is 6.24. The maximum Gasteiger partial charge on any atom is 0.193 e. The number of nitrogens with zero attached hydrogens (tertiary/aromatic N) is 1. The number of ether oxygens (including phenoxy) is 2. The molecule has 1 saturated heterocycles. The average molecular weight is 355 g/mol. The van der Waals surface area contributed by atoms with E-state index < -0.39 is 0 Å². The van der Waals surface area contributed by atoms with Crippen molar-refractivity contribution in [1.29, 1.82) is 0 Å². The highest BCUT2D eigenvalue weighted by molar-refractivity contribution is 6.10. The molecule has 0 radical (unpaired) electrons. The molecular weight excluding hydrogens is 330 g/mol. The summed E-state index contributed by atoms with van der Waals surface area (Å²) in [6.07, 6.45) is 0.0191. The molecule has 0 saturated carbocycles. The van der Waals surface area contributed by atoms with Crippen molar-refractivity contribution in [1.82, 2.24) is 4.90 Å². The summed E-state index contributed by atoms with van der Waals surface area (Å²) in [7, 11) is 0. The third kappa shape index (κ3) is 4.53. The second-order valence-electron chi connectivity index (χ2n) is 6.54. The molecule has 2 aromatic carbocycles. The highest BCUT2D eigenvalue weighted by atomic mass is 16.5. The SMILES string of the molecule is CC(CN1CCOCC1)Oc1cccc(C(=O)c2ccc(N)c(N)c2)c1. The molecule has 1 aliphatic rings. The molecule has 26 heavy (non-hydrogen) atoms. The Bertz CT molecular complexity index is 773. The van der Waals surface area contributed by atoms with Gasteiger partial charge in [-0.05, 0) is 37.3 Å². The Hall–Kier alpha value is -2.57. The first-order valence-corrected chi connectivity index (χ1v) is 8.79. The smallest absolute Gasteiger partial charge is 0.193 e. The van der Waals surface area contributed by atoms with Crippen molar-refractivity contribution in [3.63, 3.8) is 0 Å². The minimum Gasteiger partial charge on any atom is -0.489 e. The first-order chi connectivity index (χ1) is 12.5. The predicted octanol–water partition coefficient (Wildman–Crippen LogP) is 2.18. The van der Waals surface area contributed by atoms with Crippen LogP contribution in [0.2, 0.25) is 0 Å². The molecule has 6 heteroatoms. The van der Waals surface area contributed by atoms with Crippen molar-refractivity contribution in [3.05, 3.63) is 53.6 Å². The van der Waals surface area contributed by atoms with Crippen molar-refractivity contribution >= 4 is 17.2 Å². The standard InChI is InChI=1S/C20H25N3O3/c1-14(13-23-7-9-25-10-8-23)26-17-4-2-3-15(11-17)20(24)16-5-6-18(21)19(22)12-16/h2-6,11-12,14H,7-10,13,21-22H2,1H3. The zero-order valence-electron chi connectivity index (χ0n) is 15.0. The Morgan fingerprint density at radius 1 is 1.12 bits per heavy atom. The lowest BCUT2D eigenvalue weighted by Gasteiger charge is -2.29. The molecule has 2 aromatic rings. The average Bonchev–Trinajstić information content (AvgIpc) is 2.64. The maximum atomic E-state index is 12.7. The van der Waals surface area contributed by atoms with Gasteiger partial charge in [-0.1, -0.05) is 12.1 Å². The van der Waals surface area contributed by atoms with Gasteiger partial charge in [0.15, 0.2) is 5.78 Å². The Labute approximate surface area is 153 Å². The molecule has 6 nitrogen and oxygen atoms in total. The predicted molar refractivity (Wildman–Crippen MR) is 102 cm³/mol. The summed E-state index contributed by atoms with van der Waals surface area (Å²) in [4.78, 5) is 15.0. The van der Waals surface area contributed by atoms with Crippen molar-refractivity contribution in [2.45, 2.75) is 13.0 Å². The number of hydrogen-bond donors (Lipinski definition) is 2. The quantitative estimate of drug-likeness (QED) is 0.610. The van der Waals surface area contributed by atoms with Crippen LogP contribution in [0.25, 0.3) is 0 Å². The second kappa shape index (κ2) is 8.21. The summed E-state index contributed by atoms with van der Waals surface area (Å²) in [5.74, 6) is 0.572. The van der Waals surface area contributed by atoms with Crippen LogP contribution in [0.1, 0.15) is 22.8 Å². The Balaban J connectivity index is 1.67. The molecule has 0 aliphatic carbocycles. The third-order valence-electron chi connectivity index (χ3n) is 4.40. The number of nitrogen functional groups attached to an aromatic ring is 2. The molecule has 0 amide bonds. The van der Waals surface area contributed by atoms with E-state index in [2.05, 4.69) is 4.90 Å². The van der Waals surface area contributed by atoms with E-state index in [1.807, 2.05) is 19.1 Å². The van der Waals surface area contributed by atoms with Gasteiger partial charge in [0.1, 0.15) is 11.9 Å². The van der Waals surface area contributed by atoms with Crippen molar-refractivity contribution < 1.29 is 14.3 Å². The van der Waals surface area contributed by atoms with E-state index in [1.54, 1.807) is 30.3 Å². The molecule has 3 rings (SSSR count). The molecule has 0 aromatic heterocycles. The zero-order chi connectivity index (χ0) is 18.5. The van der Waals surface area contributed by atoms with Crippen LogP contribution in [-0.2, 0) is 4.74 Å². The fourth-order valence-electron chi connectivity index (χ4n) is 3.01. The minimum atomic E-state index is -0.108. The molecular formula is C20H25N3O3. The van der Waals surface area contributed by atoms with Crippen LogP contribution in [-0.4, -0.2) is 49.6 Å². The highest BCUT2D eigenvalue weighted by Gasteiger charge is 2.16. The topological polar surface area (TPSA) is 90.8 Å². The molecule has 0 bridgehead atoms. The van der Waals surface area contributed by atoms with Gasteiger partial charge in [0.2, 0.25) is 0 Å². The first kappa shape index (κ1) is 18.2. The summed E-state index contributed by atoms with van der Waals surface area (Å²) in [6, 6.07) is 12.2.